The molecule has 0 spiro atoms. The molecule has 1 unspecified atom stereocenters. The van der Waals surface area contributed by atoms with Gasteiger partial charge in [0.2, 0.25) is 0 Å². The number of anilines is 1. The third-order valence-electron chi connectivity index (χ3n) is 3.44. The maximum Gasteiger partial charge on any atom is 0.271 e. The Balaban J connectivity index is 1.80. The lowest BCUT2D eigenvalue weighted by atomic mass is 10.1. The van der Waals surface area contributed by atoms with Crippen LogP contribution in [0.3, 0.4) is 0 Å². The summed E-state index contributed by atoms with van der Waals surface area (Å²) < 4.78 is 10.5. The lowest BCUT2D eigenvalue weighted by Crippen LogP contribution is -2.04. The molecule has 1 saturated heterocycles. The fourth-order valence-electron chi connectivity index (χ4n) is 2.31. The molecule has 110 valence electrons. The van der Waals surface area contributed by atoms with Crippen LogP contribution < -0.4 is 5.73 Å². The van der Waals surface area contributed by atoms with Crippen molar-refractivity contribution in [3.63, 3.8) is 0 Å². The summed E-state index contributed by atoms with van der Waals surface area (Å²) in [5.74, 6) is 1.28. The van der Waals surface area contributed by atoms with Gasteiger partial charge >= 0.3 is 0 Å². The number of rotatable bonds is 4. The maximum absolute atomic E-state index is 10.7. The number of aromatic nitrogens is 2. The molecule has 2 N–H and O–H groups in total. The fraction of sp³-hybridized carbons (Fsp3) is 0.385. The molecule has 21 heavy (non-hydrogen) atoms. The SMILES string of the molecule is Nc1cc([N+](=O)[O-])ccc1-c1nc(CC2CCOC2)no1. The van der Waals surface area contributed by atoms with Crippen LogP contribution >= 0.6 is 0 Å². The lowest BCUT2D eigenvalue weighted by Gasteiger charge is -2.01. The summed E-state index contributed by atoms with van der Waals surface area (Å²) >= 11 is 0. The van der Waals surface area contributed by atoms with E-state index in [1.54, 1.807) is 0 Å². The van der Waals surface area contributed by atoms with Crippen LogP contribution in [0.5, 0.6) is 0 Å². The maximum atomic E-state index is 10.7. The molecule has 1 fully saturated rings. The standard InChI is InChI=1S/C13H14N4O4/c14-11-6-9(17(18)19)1-2-10(11)13-15-12(16-21-13)5-8-3-4-20-7-8/h1-2,6,8H,3-5,7,14H2. The second-order valence-electron chi connectivity index (χ2n) is 4.98. The van der Waals surface area contributed by atoms with Crippen LogP contribution in [0.4, 0.5) is 11.4 Å². The summed E-state index contributed by atoms with van der Waals surface area (Å²) in [5.41, 5.74) is 6.48. The molecule has 3 rings (SSSR count). The van der Waals surface area contributed by atoms with Crippen LogP contribution in [-0.4, -0.2) is 28.3 Å². The van der Waals surface area contributed by atoms with Gasteiger partial charge in [0.1, 0.15) is 0 Å². The Hall–Kier alpha value is -2.48. The molecule has 0 radical (unpaired) electrons. The van der Waals surface area contributed by atoms with Crippen LogP contribution in [0.25, 0.3) is 11.5 Å². The van der Waals surface area contributed by atoms with Crippen LogP contribution in [0, 0.1) is 16.0 Å². The number of nitro benzene ring substituents is 1. The zero-order valence-electron chi connectivity index (χ0n) is 11.2. The zero-order chi connectivity index (χ0) is 14.8. The molecule has 8 nitrogen and oxygen atoms in total. The van der Waals surface area contributed by atoms with Gasteiger partial charge in [-0.2, -0.15) is 4.98 Å². The average Bonchev–Trinajstić information content (AvgIpc) is 3.11. The summed E-state index contributed by atoms with van der Waals surface area (Å²) in [4.78, 5) is 14.5. The Kier molecular flexibility index (Phi) is 3.53. The van der Waals surface area contributed by atoms with Crippen molar-refractivity contribution in [2.75, 3.05) is 18.9 Å². The molecule has 1 atom stereocenters. The first kappa shape index (κ1) is 13.5. The van der Waals surface area contributed by atoms with Crippen LogP contribution in [0.2, 0.25) is 0 Å². The molecule has 2 heterocycles. The molecule has 1 aliphatic rings. The lowest BCUT2D eigenvalue weighted by molar-refractivity contribution is -0.384. The Labute approximate surface area is 120 Å². The monoisotopic (exact) mass is 290 g/mol. The summed E-state index contributed by atoms with van der Waals surface area (Å²) in [5, 5.41) is 14.6. The summed E-state index contributed by atoms with van der Waals surface area (Å²) in [6.07, 6.45) is 1.68. The van der Waals surface area contributed by atoms with E-state index in [0.29, 0.717) is 30.3 Å². The Bertz CT molecular complexity index is 664. The third-order valence-corrected chi connectivity index (χ3v) is 3.44. The van der Waals surface area contributed by atoms with Crippen molar-refractivity contribution in [3.8, 4) is 11.5 Å². The van der Waals surface area contributed by atoms with Crippen molar-refractivity contribution in [2.45, 2.75) is 12.8 Å². The van der Waals surface area contributed by atoms with E-state index >= 15 is 0 Å². The van der Waals surface area contributed by atoms with Crippen LogP contribution in [0.15, 0.2) is 22.7 Å². The van der Waals surface area contributed by atoms with Gasteiger partial charge in [0, 0.05) is 31.8 Å². The van der Waals surface area contributed by atoms with E-state index in [2.05, 4.69) is 10.1 Å². The van der Waals surface area contributed by atoms with Crippen molar-refractivity contribution in [1.82, 2.24) is 10.1 Å². The molecule has 2 aromatic rings. The normalized spacial score (nSPS) is 18.0. The van der Waals surface area contributed by atoms with Crippen molar-refractivity contribution in [2.24, 2.45) is 5.92 Å². The molecule has 8 heteroatoms. The Morgan fingerprint density at radius 2 is 2.33 bits per heavy atom. The molecule has 1 aromatic heterocycles. The fourth-order valence-corrected chi connectivity index (χ4v) is 2.31. The number of nitrogens with zero attached hydrogens (tertiary/aromatic N) is 3. The van der Waals surface area contributed by atoms with Gasteiger partial charge in [-0.15, -0.1) is 0 Å². The molecule has 0 aliphatic carbocycles. The molecule has 0 amide bonds. The van der Waals surface area contributed by atoms with Gasteiger partial charge in [0.15, 0.2) is 5.82 Å². The molecular weight excluding hydrogens is 276 g/mol. The predicted octanol–water partition coefficient (Wildman–Crippen LogP) is 1.81. The van der Waals surface area contributed by atoms with Gasteiger partial charge in [0.25, 0.3) is 11.6 Å². The van der Waals surface area contributed by atoms with Gasteiger partial charge in [-0.25, -0.2) is 0 Å². The van der Waals surface area contributed by atoms with Crippen molar-refractivity contribution in [1.29, 1.82) is 0 Å². The first-order valence-electron chi connectivity index (χ1n) is 6.58. The zero-order valence-corrected chi connectivity index (χ0v) is 11.2. The van der Waals surface area contributed by atoms with Gasteiger partial charge in [-0.3, -0.25) is 10.1 Å². The Morgan fingerprint density at radius 3 is 3.00 bits per heavy atom. The van der Waals surface area contributed by atoms with Gasteiger partial charge in [-0.05, 0) is 18.4 Å². The van der Waals surface area contributed by atoms with E-state index in [0.717, 1.165) is 13.0 Å². The Morgan fingerprint density at radius 1 is 1.48 bits per heavy atom. The van der Waals surface area contributed by atoms with E-state index in [1.807, 2.05) is 0 Å². The molecule has 1 aromatic carbocycles. The topological polar surface area (TPSA) is 117 Å². The third kappa shape index (κ3) is 2.84. The van der Waals surface area contributed by atoms with E-state index in [-0.39, 0.29) is 17.3 Å². The highest BCUT2D eigenvalue weighted by Crippen LogP contribution is 2.28. The minimum Gasteiger partial charge on any atom is -0.398 e. The molecule has 1 aliphatic heterocycles. The van der Waals surface area contributed by atoms with Crippen molar-refractivity contribution < 1.29 is 14.2 Å². The summed E-state index contributed by atoms with van der Waals surface area (Å²) in [6.45, 7) is 1.48. The number of hydrogen-bond acceptors (Lipinski definition) is 7. The second-order valence-corrected chi connectivity index (χ2v) is 4.98. The number of non-ortho nitro benzene ring substituents is 1. The quantitative estimate of drug-likeness (QED) is 0.518. The van der Waals surface area contributed by atoms with Crippen LogP contribution in [0.1, 0.15) is 12.2 Å². The summed E-state index contributed by atoms with van der Waals surface area (Å²) in [7, 11) is 0. The number of benzene rings is 1. The summed E-state index contributed by atoms with van der Waals surface area (Å²) in [6, 6.07) is 4.16. The molecule has 0 saturated carbocycles. The van der Waals surface area contributed by atoms with E-state index in [1.165, 1.54) is 18.2 Å². The molecule has 0 bridgehead atoms. The van der Waals surface area contributed by atoms with Gasteiger partial charge < -0.3 is 15.0 Å². The van der Waals surface area contributed by atoms with Crippen LogP contribution in [-0.2, 0) is 11.2 Å². The number of nitrogen functional groups attached to an aromatic ring is 1. The van der Waals surface area contributed by atoms with Gasteiger partial charge in [-0.1, -0.05) is 5.16 Å². The first-order chi connectivity index (χ1) is 10.1. The molecular formula is C13H14N4O4. The first-order valence-corrected chi connectivity index (χ1v) is 6.58. The number of ether oxygens (including phenoxy) is 1. The van der Waals surface area contributed by atoms with Crippen molar-refractivity contribution >= 4 is 11.4 Å². The highest BCUT2D eigenvalue weighted by atomic mass is 16.6. The van der Waals surface area contributed by atoms with E-state index in [4.69, 9.17) is 15.0 Å². The largest absolute Gasteiger partial charge is 0.398 e. The smallest absolute Gasteiger partial charge is 0.271 e. The van der Waals surface area contributed by atoms with Crippen molar-refractivity contribution in [3.05, 3.63) is 34.1 Å². The average molecular weight is 290 g/mol. The predicted molar refractivity (Wildman–Crippen MR) is 73.4 cm³/mol. The minimum atomic E-state index is -0.501. The number of hydrogen-bond donors (Lipinski definition) is 1. The number of nitrogens with two attached hydrogens (primary N) is 1. The van der Waals surface area contributed by atoms with E-state index < -0.39 is 4.92 Å². The number of nitro groups is 1. The minimum absolute atomic E-state index is 0.0703. The highest BCUT2D eigenvalue weighted by molar-refractivity contribution is 5.72. The van der Waals surface area contributed by atoms with Gasteiger partial charge in [0.05, 0.1) is 16.2 Å². The highest BCUT2D eigenvalue weighted by Gasteiger charge is 2.20. The second kappa shape index (κ2) is 5.49. The van der Waals surface area contributed by atoms with E-state index in [9.17, 15) is 10.1 Å².